The van der Waals surface area contributed by atoms with Gasteiger partial charge in [0.25, 0.3) is 0 Å². The van der Waals surface area contributed by atoms with Crippen LogP contribution in [0.4, 0.5) is 4.39 Å². The number of benzene rings is 3. The molecule has 1 fully saturated rings. The van der Waals surface area contributed by atoms with Gasteiger partial charge in [0.1, 0.15) is 11.6 Å². The molecule has 10 heteroatoms. The van der Waals surface area contributed by atoms with Crippen LogP contribution < -0.4 is 9.47 Å². The van der Waals surface area contributed by atoms with Gasteiger partial charge in [0.15, 0.2) is 21.3 Å². The van der Waals surface area contributed by atoms with Crippen molar-refractivity contribution in [2.24, 2.45) is 0 Å². The number of sulfone groups is 1. The molecular formula is C22H20FNO6S2. The van der Waals surface area contributed by atoms with E-state index in [2.05, 4.69) is 0 Å². The van der Waals surface area contributed by atoms with Crippen molar-refractivity contribution in [1.29, 1.82) is 0 Å². The molecule has 3 aromatic rings. The maximum Gasteiger partial charge on any atom is 0.243 e. The van der Waals surface area contributed by atoms with E-state index in [-0.39, 0.29) is 22.9 Å². The highest BCUT2D eigenvalue weighted by molar-refractivity contribution is 7.92. The predicted octanol–water partition coefficient (Wildman–Crippen LogP) is 3.47. The van der Waals surface area contributed by atoms with Crippen LogP contribution in [-0.2, 0) is 19.9 Å². The fourth-order valence-corrected chi connectivity index (χ4v) is 6.64. The van der Waals surface area contributed by atoms with Gasteiger partial charge in [0, 0.05) is 13.1 Å². The first kappa shape index (κ1) is 22.3. The summed E-state index contributed by atoms with van der Waals surface area (Å²) in [5, 5.41) is -0.879. The number of hydrogen-bond acceptors (Lipinski definition) is 6. The van der Waals surface area contributed by atoms with Gasteiger partial charge in [0.2, 0.25) is 10.0 Å². The fourth-order valence-electron chi connectivity index (χ4n) is 3.27. The maximum absolute atomic E-state index is 13.1. The number of para-hydroxylation sites is 2. The lowest BCUT2D eigenvalue weighted by atomic mass is 10.3. The normalized spacial score (nSPS) is 15.2. The zero-order valence-electron chi connectivity index (χ0n) is 17.0. The van der Waals surface area contributed by atoms with Crippen LogP contribution in [0.15, 0.2) is 82.6 Å². The van der Waals surface area contributed by atoms with Gasteiger partial charge in [-0.15, -0.1) is 0 Å². The molecule has 1 aliphatic heterocycles. The summed E-state index contributed by atoms with van der Waals surface area (Å²) in [4.78, 5) is 0.00120. The smallest absolute Gasteiger partial charge is 0.243 e. The molecule has 0 amide bonds. The quantitative estimate of drug-likeness (QED) is 0.484. The molecule has 1 aliphatic rings. The van der Waals surface area contributed by atoms with Gasteiger partial charge in [-0.3, -0.25) is 0 Å². The molecule has 1 saturated heterocycles. The molecule has 0 spiro atoms. The number of hydrogen-bond donors (Lipinski definition) is 0. The number of halogens is 1. The summed E-state index contributed by atoms with van der Waals surface area (Å²) in [5.41, 5.74) is 0. The van der Waals surface area contributed by atoms with Gasteiger partial charge >= 0.3 is 0 Å². The maximum atomic E-state index is 13.1. The Balaban J connectivity index is 1.45. The third kappa shape index (κ3) is 4.21. The van der Waals surface area contributed by atoms with E-state index in [4.69, 9.17) is 9.47 Å². The zero-order chi connectivity index (χ0) is 22.9. The van der Waals surface area contributed by atoms with Gasteiger partial charge in [-0.05, 0) is 60.7 Å². The van der Waals surface area contributed by atoms with Gasteiger partial charge in [-0.1, -0.05) is 12.1 Å². The highest BCUT2D eigenvalue weighted by Crippen LogP contribution is 2.33. The van der Waals surface area contributed by atoms with Crippen LogP contribution in [0.2, 0.25) is 0 Å². The standard InChI is InChI=1S/C22H20FNO6S2/c1-29-21-4-2-3-5-22(21)30-17-8-12-19(13-9-17)32(27,28)24-14-20(15-24)31(25,26)18-10-6-16(23)7-11-18/h2-13,20H,14-15H2,1H3. The number of methoxy groups -OCH3 is 1. The van der Waals surface area contributed by atoms with E-state index in [0.29, 0.717) is 17.2 Å². The molecule has 0 aliphatic carbocycles. The van der Waals surface area contributed by atoms with Crippen molar-refractivity contribution < 1.29 is 30.7 Å². The van der Waals surface area contributed by atoms with Crippen molar-refractivity contribution in [2.45, 2.75) is 15.0 Å². The number of nitrogens with zero attached hydrogens (tertiary/aromatic N) is 1. The van der Waals surface area contributed by atoms with Crippen LogP contribution >= 0.6 is 0 Å². The highest BCUT2D eigenvalue weighted by Gasteiger charge is 2.44. The molecule has 3 aromatic carbocycles. The van der Waals surface area contributed by atoms with E-state index in [9.17, 15) is 21.2 Å². The minimum absolute atomic E-state index is 0.0289. The second-order valence-corrected chi connectivity index (χ2v) is 11.3. The van der Waals surface area contributed by atoms with Crippen molar-refractivity contribution in [3.05, 3.63) is 78.6 Å². The zero-order valence-corrected chi connectivity index (χ0v) is 18.6. The van der Waals surface area contributed by atoms with Crippen molar-refractivity contribution in [3.8, 4) is 17.2 Å². The Morgan fingerprint density at radius 1 is 0.812 bits per heavy atom. The highest BCUT2D eigenvalue weighted by atomic mass is 32.2. The summed E-state index contributed by atoms with van der Waals surface area (Å²) >= 11 is 0. The van der Waals surface area contributed by atoms with E-state index in [1.165, 1.54) is 43.5 Å². The van der Waals surface area contributed by atoms with E-state index in [1.807, 2.05) is 0 Å². The molecular weight excluding hydrogens is 457 g/mol. The number of ether oxygens (including phenoxy) is 2. The average molecular weight is 478 g/mol. The van der Waals surface area contributed by atoms with Crippen LogP contribution in [0.5, 0.6) is 17.2 Å². The Kier molecular flexibility index (Phi) is 5.93. The second-order valence-electron chi connectivity index (χ2n) is 7.17. The van der Waals surface area contributed by atoms with Gasteiger partial charge in [-0.25, -0.2) is 21.2 Å². The van der Waals surface area contributed by atoms with Crippen molar-refractivity contribution >= 4 is 19.9 Å². The number of sulfonamides is 1. The Labute approximate surface area is 186 Å². The molecule has 0 N–H and O–H groups in total. The minimum atomic E-state index is -3.86. The summed E-state index contributed by atoms with van der Waals surface area (Å²) in [6, 6.07) is 17.4. The Bertz CT molecular complexity index is 1320. The summed E-state index contributed by atoms with van der Waals surface area (Å²) in [6.07, 6.45) is 0. The van der Waals surface area contributed by atoms with Crippen LogP contribution in [-0.4, -0.2) is 46.6 Å². The lowest BCUT2D eigenvalue weighted by Gasteiger charge is -2.37. The Morgan fingerprint density at radius 3 is 1.97 bits per heavy atom. The van der Waals surface area contributed by atoms with Gasteiger partial charge in [0.05, 0.1) is 22.2 Å². The summed E-state index contributed by atoms with van der Waals surface area (Å²) in [5.74, 6) is 0.911. The Morgan fingerprint density at radius 2 is 1.38 bits per heavy atom. The molecule has 0 atom stereocenters. The molecule has 7 nitrogen and oxygen atoms in total. The third-order valence-corrected chi connectivity index (χ3v) is 9.10. The first-order valence-electron chi connectivity index (χ1n) is 9.62. The molecule has 0 saturated carbocycles. The first-order valence-corrected chi connectivity index (χ1v) is 12.6. The van der Waals surface area contributed by atoms with Crippen molar-refractivity contribution in [2.75, 3.05) is 20.2 Å². The van der Waals surface area contributed by atoms with E-state index in [1.54, 1.807) is 24.3 Å². The molecule has 4 rings (SSSR count). The van der Waals surface area contributed by atoms with E-state index >= 15 is 0 Å². The first-order chi connectivity index (χ1) is 15.2. The van der Waals surface area contributed by atoms with E-state index in [0.717, 1.165) is 16.4 Å². The Hall–Kier alpha value is -2.95. The molecule has 0 unspecified atom stereocenters. The second kappa shape index (κ2) is 8.53. The largest absolute Gasteiger partial charge is 0.493 e. The van der Waals surface area contributed by atoms with Crippen LogP contribution in [0, 0.1) is 5.82 Å². The monoisotopic (exact) mass is 477 g/mol. The molecule has 0 aromatic heterocycles. The topological polar surface area (TPSA) is 90.0 Å². The van der Waals surface area contributed by atoms with Crippen molar-refractivity contribution in [3.63, 3.8) is 0 Å². The molecule has 168 valence electrons. The van der Waals surface area contributed by atoms with Crippen LogP contribution in [0.3, 0.4) is 0 Å². The number of rotatable bonds is 7. The fraction of sp³-hybridized carbons (Fsp3) is 0.182. The molecule has 0 bridgehead atoms. The molecule has 0 radical (unpaired) electrons. The minimum Gasteiger partial charge on any atom is -0.493 e. The lowest BCUT2D eigenvalue weighted by molar-refractivity contribution is 0.309. The van der Waals surface area contributed by atoms with E-state index < -0.39 is 30.9 Å². The lowest BCUT2D eigenvalue weighted by Crippen LogP contribution is -2.56. The molecule has 32 heavy (non-hydrogen) atoms. The van der Waals surface area contributed by atoms with Gasteiger partial charge in [-0.2, -0.15) is 4.31 Å². The summed E-state index contributed by atoms with van der Waals surface area (Å²) in [6.45, 7) is -0.330. The summed E-state index contributed by atoms with van der Waals surface area (Å²) in [7, 11) is -6.08. The average Bonchev–Trinajstić information content (AvgIpc) is 2.73. The van der Waals surface area contributed by atoms with Crippen molar-refractivity contribution in [1.82, 2.24) is 4.31 Å². The third-order valence-electron chi connectivity index (χ3n) is 5.15. The van der Waals surface area contributed by atoms with Gasteiger partial charge < -0.3 is 9.47 Å². The van der Waals surface area contributed by atoms with Crippen LogP contribution in [0.25, 0.3) is 0 Å². The molecule has 1 heterocycles. The van der Waals surface area contributed by atoms with Crippen LogP contribution in [0.1, 0.15) is 0 Å². The summed E-state index contributed by atoms with van der Waals surface area (Å²) < 4.78 is 76.1. The predicted molar refractivity (Wildman–Crippen MR) is 116 cm³/mol. The SMILES string of the molecule is COc1ccccc1Oc1ccc(S(=O)(=O)N2CC(S(=O)(=O)c3ccc(F)cc3)C2)cc1.